The predicted octanol–water partition coefficient (Wildman–Crippen LogP) is 2.99. The van der Waals surface area contributed by atoms with E-state index in [1.807, 2.05) is 0 Å². The van der Waals surface area contributed by atoms with Gasteiger partial charge in [0, 0.05) is 10.5 Å². The summed E-state index contributed by atoms with van der Waals surface area (Å²) in [6.07, 6.45) is -1.03. The van der Waals surface area contributed by atoms with Gasteiger partial charge < -0.3 is 5.11 Å². The Kier molecular flexibility index (Phi) is 5.33. The van der Waals surface area contributed by atoms with Crippen LogP contribution in [0.4, 0.5) is 4.39 Å². The van der Waals surface area contributed by atoms with Crippen molar-refractivity contribution in [3.05, 3.63) is 64.4 Å². The molecule has 0 amide bonds. The SMILES string of the molecule is CC(NS(=O)(=O)c1ccc(Br)cc1F)[C@H](O)c1ccccc1. The van der Waals surface area contributed by atoms with E-state index < -0.39 is 32.9 Å². The normalized spacial score (nSPS) is 14.5. The number of nitrogens with one attached hydrogen (secondary N) is 1. The van der Waals surface area contributed by atoms with Crippen molar-refractivity contribution in [2.24, 2.45) is 0 Å². The molecule has 2 aromatic rings. The quantitative estimate of drug-likeness (QED) is 0.828. The van der Waals surface area contributed by atoms with Crippen molar-refractivity contribution in [2.45, 2.75) is 24.0 Å². The van der Waals surface area contributed by atoms with E-state index >= 15 is 0 Å². The molecule has 2 aromatic carbocycles. The Hall–Kier alpha value is -1.28. The fourth-order valence-electron chi connectivity index (χ4n) is 2.00. The van der Waals surface area contributed by atoms with Gasteiger partial charge in [-0.05, 0) is 30.7 Å². The van der Waals surface area contributed by atoms with Crippen molar-refractivity contribution in [3.8, 4) is 0 Å². The molecule has 0 saturated heterocycles. The maximum Gasteiger partial charge on any atom is 0.243 e. The number of halogens is 2. The van der Waals surface area contributed by atoms with E-state index in [0.29, 0.717) is 10.0 Å². The number of aliphatic hydroxyl groups excluding tert-OH is 1. The molecule has 0 bridgehead atoms. The van der Waals surface area contributed by atoms with Crippen molar-refractivity contribution >= 4 is 26.0 Å². The average Bonchev–Trinajstić information content (AvgIpc) is 2.46. The van der Waals surface area contributed by atoms with E-state index in [2.05, 4.69) is 20.7 Å². The van der Waals surface area contributed by atoms with E-state index in [1.54, 1.807) is 30.3 Å². The highest BCUT2D eigenvalue weighted by Gasteiger charge is 2.25. The zero-order valence-corrected chi connectivity index (χ0v) is 14.1. The van der Waals surface area contributed by atoms with Crippen LogP contribution in [0.1, 0.15) is 18.6 Å². The Bertz CT molecular complexity index is 753. The molecule has 0 saturated carbocycles. The lowest BCUT2D eigenvalue weighted by Crippen LogP contribution is -2.37. The molecule has 22 heavy (non-hydrogen) atoms. The van der Waals surface area contributed by atoms with Crippen LogP contribution in [0, 0.1) is 5.82 Å². The molecule has 1 unspecified atom stereocenters. The van der Waals surface area contributed by atoms with Gasteiger partial charge in [-0.15, -0.1) is 0 Å². The minimum absolute atomic E-state index is 0.446. The Morgan fingerprint density at radius 3 is 2.41 bits per heavy atom. The number of benzene rings is 2. The molecule has 0 spiro atoms. The first kappa shape index (κ1) is 17.1. The van der Waals surface area contributed by atoms with Gasteiger partial charge in [0.2, 0.25) is 10.0 Å². The standard InChI is InChI=1S/C15H15BrFNO3S/c1-10(15(19)11-5-3-2-4-6-11)18-22(20,21)14-8-7-12(16)9-13(14)17/h2-10,15,18-19H,1H3/t10?,15-/m0/s1. The molecule has 2 N–H and O–H groups in total. The summed E-state index contributed by atoms with van der Waals surface area (Å²) in [7, 11) is -4.07. The van der Waals surface area contributed by atoms with Gasteiger partial charge in [0.25, 0.3) is 0 Å². The molecule has 118 valence electrons. The molecule has 0 fully saturated rings. The summed E-state index contributed by atoms with van der Waals surface area (Å²) in [5, 5.41) is 10.2. The highest BCUT2D eigenvalue weighted by Crippen LogP contribution is 2.22. The van der Waals surface area contributed by atoms with Crippen LogP contribution in [0.25, 0.3) is 0 Å². The molecule has 0 heterocycles. The fraction of sp³-hybridized carbons (Fsp3) is 0.200. The smallest absolute Gasteiger partial charge is 0.243 e. The highest BCUT2D eigenvalue weighted by atomic mass is 79.9. The van der Waals surface area contributed by atoms with E-state index in [9.17, 15) is 17.9 Å². The zero-order chi connectivity index (χ0) is 16.3. The maximum absolute atomic E-state index is 13.8. The summed E-state index contributed by atoms with van der Waals surface area (Å²) in [5.41, 5.74) is 0.578. The molecule has 2 rings (SSSR count). The molecule has 7 heteroatoms. The Balaban J connectivity index is 2.21. The van der Waals surface area contributed by atoms with Crippen LogP contribution < -0.4 is 4.72 Å². The van der Waals surface area contributed by atoms with Crippen LogP contribution in [-0.2, 0) is 10.0 Å². The van der Waals surface area contributed by atoms with E-state index in [0.717, 1.165) is 6.07 Å². The zero-order valence-electron chi connectivity index (χ0n) is 11.7. The molecule has 2 atom stereocenters. The number of rotatable bonds is 5. The minimum Gasteiger partial charge on any atom is -0.387 e. The maximum atomic E-state index is 13.8. The lowest BCUT2D eigenvalue weighted by atomic mass is 10.0. The molecule has 0 aliphatic carbocycles. The molecule has 0 aromatic heterocycles. The van der Waals surface area contributed by atoms with Gasteiger partial charge in [0.1, 0.15) is 10.7 Å². The monoisotopic (exact) mass is 387 g/mol. The summed E-state index contributed by atoms with van der Waals surface area (Å²) in [6.45, 7) is 1.52. The van der Waals surface area contributed by atoms with Crippen molar-refractivity contribution < 1.29 is 17.9 Å². The largest absolute Gasteiger partial charge is 0.387 e. The summed E-state index contributed by atoms with van der Waals surface area (Å²) >= 11 is 3.07. The second-order valence-corrected chi connectivity index (χ2v) is 7.44. The Labute approximate surface area is 137 Å². The van der Waals surface area contributed by atoms with Crippen molar-refractivity contribution in [1.82, 2.24) is 4.72 Å². The third-order valence-electron chi connectivity index (χ3n) is 3.14. The van der Waals surface area contributed by atoms with E-state index in [4.69, 9.17) is 0 Å². The third-order valence-corrected chi connectivity index (χ3v) is 5.22. The van der Waals surface area contributed by atoms with Crippen molar-refractivity contribution in [3.63, 3.8) is 0 Å². The molecule has 0 radical (unpaired) electrons. The second kappa shape index (κ2) is 6.87. The van der Waals surface area contributed by atoms with Gasteiger partial charge in [0.15, 0.2) is 0 Å². The van der Waals surface area contributed by atoms with Crippen molar-refractivity contribution in [2.75, 3.05) is 0 Å². The highest BCUT2D eigenvalue weighted by molar-refractivity contribution is 9.10. The molecule has 0 aliphatic heterocycles. The predicted molar refractivity (Wildman–Crippen MR) is 85.3 cm³/mol. The van der Waals surface area contributed by atoms with Gasteiger partial charge in [-0.25, -0.2) is 17.5 Å². The van der Waals surface area contributed by atoms with Crippen LogP contribution in [0.15, 0.2) is 57.9 Å². The lowest BCUT2D eigenvalue weighted by molar-refractivity contribution is 0.146. The molecule has 4 nitrogen and oxygen atoms in total. The molecular weight excluding hydrogens is 373 g/mol. The summed E-state index contributed by atoms with van der Waals surface area (Å²) in [5.74, 6) is -0.858. The summed E-state index contributed by atoms with van der Waals surface area (Å²) in [6, 6.07) is 11.5. The summed E-state index contributed by atoms with van der Waals surface area (Å²) in [4.78, 5) is -0.456. The first-order chi connectivity index (χ1) is 10.3. The number of aliphatic hydroxyl groups is 1. The average molecular weight is 388 g/mol. The van der Waals surface area contributed by atoms with Gasteiger partial charge in [-0.3, -0.25) is 0 Å². The van der Waals surface area contributed by atoms with Crippen LogP contribution in [0.3, 0.4) is 0 Å². The minimum atomic E-state index is -4.07. The third kappa shape index (κ3) is 3.92. The number of sulfonamides is 1. The summed E-state index contributed by atoms with van der Waals surface area (Å²) < 4.78 is 41.0. The lowest BCUT2D eigenvalue weighted by Gasteiger charge is -2.20. The first-order valence-corrected chi connectivity index (χ1v) is 8.79. The van der Waals surface area contributed by atoms with Crippen LogP contribution in [0.5, 0.6) is 0 Å². The van der Waals surface area contributed by atoms with Gasteiger partial charge >= 0.3 is 0 Å². The van der Waals surface area contributed by atoms with Gasteiger partial charge in [0.05, 0.1) is 6.10 Å². The van der Waals surface area contributed by atoms with E-state index in [-0.39, 0.29) is 0 Å². The first-order valence-electron chi connectivity index (χ1n) is 6.51. The Morgan fingerprint density at radius 2 is 1.82 bits per heavy atom. The molecular formula is C15H15BrFNO3S. The van der Waals surface area contributed by atoms with Crippen molar-refractivity contribution in [1.29, 1.82) is 0 Å². The topological polar surface area (TPSA) is 66.4 Å². The van der Waals surface area contributed by atoms with Crippen LogP contribution in [0.2, 0.25) is 0 Å². The molecule has 0 aliphatic rings. The fourth-order valence-corrected chi connectivity index (χ4v) is 3.65. The number of hydrogen-bond acceptors (Lipinski definition) is 3. The number of hydrogen-bond donors (Lipinski definition) is 2. The van der Waals surface area contributed by atoms with Gasteiger partial charge in [-0.1, -0.05) is 46.3 Å². The second-order valence-electron chi connectivity index (χ2n) is 4.84. The van der Waals surface area contributed by atoms with Crippen LogP contribution in [-0.4, -0.2) is 19.6 Å². The van der Waals surface area contributed by atoms with Gasteiger partial charge in [-0.2, -0.15) is 0 Å². The van der Waals surface area contributed by atoms with E-state index in [1.165, 1.54) is 19.1 Å². The van der Waals surface area contributed by atoms with Crippen LogP contribution >= 0.6 is 15.9 Å². The Morgan fingerprint density at radius 1 is 1.18 bits per heavy atom.